The summed E-state index contributed by atoms with van der Waals surface area (Å²) in [5.74, 6) is -0.242. The number of hydrogen-bond acceptors (Lipinski definition) is 11. The van der Waals surface area contributed by atoms with Crippen LogP contribution in [0.15, 0.2) is 41.6 Å². The predicted molar refractivity (Wildman–Crippen MR) is 181 cm³/mol. The van der Waals surface area contributed by atoms with Gasteiger partial charge in [0.1, 0.15) is 17.3 Å². The molecule has 6 heterocycles. The fourth-order valence-electron chi connectivity index (χ4n) is 6.98. The van der Waals surface area contributed by atoms with Gasteiger partial charge in [0.25, 0.3) is 5.56 Å². The van der Waals surface area contributed by atoms with Crippen molar-refractivity contribution in [3.05, 3.63) is 69.8 Å². The monoisotopic (exact) mass is 668 g/mol. The number of Topliss-reactive ketones (excluding diaryl/α,β-unsaturated/α-hetero) is 1. The Morgan fingerprint density at radius 1 is 0.980 bits per heavy atom. The molecule has 0 aromatic carbocycles. The van der Waals surface area contributed by atoms with Crippen molar-refractivity contribution in [2.24, 2.45) is 0 Å². The van der Waals surface area contributed by atoms with Gasteiger partial charge in [0.2, 0.25) is 11.9 Å². The molecule has 3 fully saturated rings. The molecule has 2 N–H and O–H groups in total. The number of nitrogens with zero attached hydrogens (tertiary/aromatic N) is 8. The van der Waals surface area contributed by atoms with E-state index in [0.29, 0.717) is 72.5 Å². The van der Waals surface area contributed by atoms with Crippen molar-refractivity contribution in [3.63, 3.8) is 0 Å². The van der Waals surface area contributed by atoms with E-state index in [0.717, 1.165) is 31.4 Å². The van der Waals surface area contributed by atoms with E-state index in [1.54, 1.807) is 23.9 Å². The average molecular weight is 669 g/mol. The van der Waals surface area contributed by atoms with Gasteiger partial charge >= 0.3 is 6.03 Å². The van der Waals surface area contributed by atoms with Crippen LogP contribution in [0, 0.1) is 12.7 Å². The maximum atomic E-state index is 15.0. The number of pyridine rings is 3. The van der Waals surface area contributed by atoms with Gasteiger partial charge in [-0.25, -0.2) is 19.2 Å². The number of halogens is 1. The summed E-state index contributed by atoms with van der Waals surface area (Å²) in [6.07, 6.45) is 8.85. The van der Waals surface area contributed by atoms with Crippen molar-refractivity contribution >= 4 is 51.9 Å². The molecule has 4 aromatic heterocycles. The first-order chi connectivity index (χ1) is 23.7. The summed E-state index contributed by atoms with van der Waals surface area (Å²) in [6.45, 7) is 6.52. The van der Waals surface area contributed by atoms with Crippen LogP contribution in [0.2, 0.25) is 0 Å². The summed E-state index contributed by atoms with van der Waals surface area (Å²) < 4.78 is 16.7. The Morgan fingerprint density at radius 2 is 1.73 bits per heavy atom. The van der Waals surface area contributed by atoms with Crippen LogP contribution in [0.5, 0.6) is 0 Å². The predicted octanol–water partition coefficient (Wildman–Crippen LogP) is 3.86. The lowest BCUT2D eigenvalue weighted by molar-refractivity contribution is -0.120. The number of carbonyl (C=O) groups excluding carboxylic acids is 3. The molecule has 0 radical (unpaired) electrons. The molecule has 254 valence electrons. The van der Waals surface area contributed by atoms with E-state index in [4.69, 9.17) is 4.98 Å². The minimum atomic E-state index is -0.576. The summed E-state index contributed by atoms with van der Waals surface area (Å²) in [4.78, 5) is 73.2. The molecule has 2 saturated heterocycles. The number of aromatic nitrogens is 5. The SMILES string of the molecule is CC(=O)c1c(C)c2cnc(Nc3ccc(N4CCN(Cc5ncc(N6CCC(=O)NC6=O)cc5F)CC4)cn3)nc2n(C2CCCC2)c1=O. The van der Waals surface area contributed by atoms with E-state index in [-0.39, 0.29) is 41.8 Å². The Morgan fingerprint density at radius 3 is 2.41 bits per heavy atom. The van der Waals surface area contributed by atoms with E-state index in [9.17, 15) is 23.6 Å². The van der Waals surface area contributed by atoms with Crippen LogP contribution in [0.3, 0.4) is 0 Å². The molecule has 7 rings (SSSR count). The third-order valence-corrected chi connectivity index (χ3v) is 9.62. The maximum absolute atomic E-state index is 15.0. The standard InChI is InChI=1S/C34H37FN10O4/c1-20-25-18-38-33(41-31(25)45(22-5-3-4-6-22)32(48)30(20)21(2)46)39-28-8-7-23(16-37-28)43-13-11-42(12-14-43)19-27-26(35)15-24(17-36-27)44-10-9-29(47)40-34(44)49/h7-8,15-18,22H,3-6,9-14,19H2,1-2H3,(H,40,47,49)(H,37,38,39,41). The van der Waals surface area contributed by atoms with Crippen LogP contribution in [-0.2, 0) is 11.3 Å². The molecule has 3 aliphatic rings. The number of urea groups is 1. The van der Waals surface area contributed by atoms with Gasteiger partial charge in [-0.3, -0.25) is 39.1 Å². The first-order valence-electron chi connectivity index (χ1n) is 16.5. The average Bonchev–Trinajstić information content (AvgIpc) is 3.61. The van der Waals surface area contributed by atoms with Crippen molar-refractivity contribution in [1.29, 1.82) is 0 Å². The van der Waals surface area contributed by atoms with E-state index in [1.165, 1.54) is 24.1 Å². The lowest BCUT2D eigenvalue weighted by Crippen LogP contribution is -2.49. The quantitative estimate of drug-likeness (QED) is 0.263. The van der Waals surface area contributed by atoms with Crippen LogP contribution in [0.25, 0.3) is 11.0 Å². The molecule has 4 aromatic rings. The number of fused-ring (bicyclic) bond motifs is 1. The van der Waals surface area contributed by atoms with Gasteiger partial charge in [0.15, 0.2) is 5.78 Å². The Hall–Kier alpha value is -5.31. The zero-order valence-corrected chi connectivity index (χ0v) is 27.4. The summed E-state index contributed by atoms with van der Waals surface area (Å²) in [6, 6.07) is 4.52. The minimum absolute atomic E-state index is 0.00616. The van der Waals surface area contributed by atoms with Crippen molar-refractivity contribution in [2.45, 2.75) is 58.5 Å². The molecule has 49 heavy (non-hydrogen) atoms. The van der Waals surface area contributed by atoms with E-state index in [2.05, 4.69) is 35.4 Å². The molecule has 0 spiro atoms. The molecule has 15 heteroatoms. The zero-order chi connectivity index (χ0) is 34.2. The third-order valence-electron chi connectivity index (χ3n) is 9.62. The van der Waals surface area contributed by atoms with Crippen molar-refractivity contribution < 1.29 is 18.8 Å². The van der Waals surface area contributed by atoms with Gasteiger partial charge < -0.3 is 10.2 Å². The summed E-state index contributed by atoms with van der Waals surface area (Å²) in [5, 5.41) is 6.09. The zero-order valence-electron chi connectivity index (χ0n) is 27.4. The smallest absolute Gasteiger partial charge is 0.328 e. The van der Waals surface area contributed by atoms with Crippen LogP contribution in [0.4, 0.5) is 32.3 Å². The Bertz CT molecular complexity index is 2000. The molecular formula is C34H37FN10O4. The Labute approximate surface area is 281 Å². The molecule has 1 saturated carbocycles. The number of anilines is 4. The number of amides is 3. The Kier molecular flexibility index (Phi) is 8.75. The molecule has 0 atom stereocenters. The first kappa shape index (κ1) is 32.2. The highest BCUT2D eigenvalue weighted by Gasteiger charge is 2.27. The topological polar surface area (TPSA) is 159 Å². The second-order valence-corrected chi connectivity index (χ2v) is 12.8. The highest BCUT2D eigenvalue weighted by atomic mass is 19.1. The Balaban J connectivity index is 0.993. The second kappa shape index (κ2) is 13.3. The van der Waals surface area contributed by atoms with E-state index >= 15 is 0 Å². The summed E-state index contributed by atoms with van der Waals surface area (Å²) >= 11 is 0. The number of carbonyl (C=O) groups is 3. The van der Waals surface area contributed by atoms with E-state index in [1.807, 2.05) is 12.1 Å². The number of aryl methyl sites for hydroxylation is 1. The molecule has 0 bridgehead atoms. The minimum Gasteiger partial charge on any atom is -0.368 e. The van der Waals surface area contributed by atoms with Crippen LogP contribution in [-0.4, -0.2) is 79.8 Å². The van der Waals surface area contributed by atoms with Gasteiger partial charge in [-0.15, -0.1) is 0 Å². The molecule has 14 nitrogen and oxygen atoms in total. The van der Waals surface area contributed by atoms with Crippen molar-refractivity contribution in [3.8, 4) is 0 Å². The maximum Gasteiger partial charge on any atom is 0.328 e. The van der Waals surface area contributed by atoms with Gasteiger partial charge in [0.05, 0.1) is 35.0 Å². The summed E-state index contributed by atoms with van der Waals surface area (Å²) in [5.41, 5.74) is 2.58. The van der Waals surface area contributed by atoms with E-state index < -0.39 is 11.8 Å². The first-order valence-corrected chi connectivity index (χ1v) is 16.5. The van der Waals surface area contributed by atoms with Gasteiger partial charge in [-0.05, 0) is 44.4 Å². The summed E-state index contributed by atoms with van der Waals surface area (Å²) in [7, 11) is 0. The third kappa shape index (κ3) is 6.45. The van der Waals surface area contributed by atoms with Crippen LogP contribution in [0.1, 0.15) is 66.7 Å². The van der Waals surface area contributed by atoms with Crippen molar-refractivity contribution in [2.75, 3.05) is 47.8 Å². The van der Waals surface area contributed by atoms with Gasteiger partial charge in [-0.2, -0.15) is 4.98 Å². The van der Waals surface area contributed by atoms with Crippen molar-refractivity contribution in [1.82, 2.24) is 34.7 Å². The fraction of sp³-hybridized carbons (Fsp3) is 0.412. The largest absolute Gasteiger partial charge is 0.368 e. The number of imide groups is 1. The fourth-order valence-corrected chi connectivity index (χ4v) is 6.98. The number of hydrogen-bond donors (Lipinski definition) is 2. The lowest BCUT2D eigenvalue weighted by Gasteiger charge is -2.35. The number of piperazine rings is 1. The highest BCUT2D eigenvalue weighted by molar-refractivity contribution is 6.05. The molecule has 2 aliphatic heterocycles. The number of ketones is 1. The number of rotatable bonds is 8. The highest BCUT2D eigenvalue weighted by Crippen LogP contribution is 2.32. The molecule has 0 unspecified atom stereocenters. The normalized spacial score (nSPS) is 17.5. The molecule has 3 amide bonds. The van der Waals surface area contributed by atoms with Gasteiger partial charge in [-0.1, -0.05) is 12.8 Å². The molecular weight excluding hydrogens is 631 g/mol. The van der Waals surface area contributed by atoms with Crippen LogP contribution < -0.4 is 26.0 Å². The van der Waals surface area contributed by atoms with Crippen LogP contribution >= 0.6 is 0 Å². The lowest BCUT2D eigenvalue weighted by atomic mass is 10.0. The number of nitrogens with one attached hydrogen (secondary N) is 2. The van der Waals surface area contributed by atoms with Gasteiger partial charge in [0, 0.05) is 69.4 Å². The second-order valence-electron chi connectivity index (χ2n) is 12.8. The molecule has 1 aliphatic carbocycles.